The first kappa shape index (κ1) is 16.9. The van der Waals surface area contributed by atoms with Gasteiger partial charge in [0, 0.05) is 19.7 Å². The second kappa shape index (κ2) is 6.76. The first-order chi connectivity index (χ1) is 10.8. The van der Waals surface area contributed by atoms with Crippen LogP contribution in [0.1, 0.15) is 11.3 Å². The second-order valence-electron chi connectivity index (χ2n) is 4.84. The zero-order valence-electron chi connectivity index (χ0n) is 12.9. The Morgan fingerprint density at radius 2 is 2.04 bits per heavy atom. The zero-order valence-corrected chi connectivity index (χ0v) is 12.9. The molecular formula is C14H17F3N4O2. The largest absolute Gasteiger partial charge is 0.481 e. The maximum absolute atomic E-state index is 12.1. The molecule has 0 aliphatic rings. The Bertz CT molecular complexity index is 653. The lowest BCUT2D eigenvalue weighted by Crippen LogP contribution is -2.19. The number of nitrogens with one attached hydrogen (secondary N) is 1. The number of hydrogen-bond donors (Lipinski definition) is 1. The minimum absolute atomic E-state index is 0.0805. The Hall–Kier alpha value is -2.45. The van der Waals surface area contributed by atoms with Crippen molar-refractivity contribution in [2.24, 2.45) is 7.05 Å². The minimum atomic E-state index is -4.38. The average molecular weight is 330 g/mol. The van der Waals surface area contributed by atoms with Crippen LogP contribution in [0.3, 0.4) is 0 Å². The molecule has 9 heteroatoms. The van der Waals surface area contributed by atoms with E-state index in [1.54, 1.807) is 24.9 Å². The van der Waals surface area contributed by atoms with Crippen molar-refractivity contribution in [2.75, 3.05) is 19.0 Å². The van der Waals surface area contributed by atoms with E-state index in [-0.39, 0.29) is 5.88 Å². The Kier molecular flexibility index (Phi) is 4.97. The molecule has 2 aromatic heterocycles. The normalized spacial score (nSPS) is 11.4. The van der Waals surface area contributed by atoms with Crippen LogP contribution in [0, 0.1) is 6.92 Å². The Balaban J connectivity index is 1.97. The van der Waals surface area contributed by atoms with Crippen LogP contribution in [0.25, 0.3) is 0 Å². The van der Waals surface area contributed by atoms with Gasteiger partial charge in [-0.05, 0) is 13.0 Å². The molecule has 0 atom stereocenters. The fourth-order valence-electron chi connectivity index (χ4n) is 2.06. The van der Waals surface area contributed by atoms with Gasteiger partial charge in [-0.15, -0.1) is 0 Å². The van der Waals surface area contributed by atoms with Crippen molar-refractivity contribution in [3.05, 3.63) is 29.6 Å². The molecule has 23 heavy (non-hydrogen) atoms. The fraction of sp³-hybridized carbons (Fsp3) is 0.429. The van der Waals surface area contributed by atoms with Crippen LogP contribution in [0.15, 0.2) is 18.3 Å². The summed E-state index contributed by atoms with van der Waals surface area (Å²) in [5, 5.41) is 7.38. The van der Waals surface area contributed by atoms with Crippen molar-refractivity contribution in [1.29, 1.82) is 0 Å². The van der Waals surface area contributed by atoms with Crippen molar-refractivity contribution in [2.45, 2.75) is 19.6 Å². The summed E-state index contributed by atoms with van der Waals surface area (Å²) >= 11 is 0. The van der Waals surface area contributed by atoms with Crippen LogP contribution in [-0.2, 0) is 13.6 Å². The number of halogens is 3. The molecule has 0 radical (unpaired) electrons. The Labute approximate surface area is 131 Å². The molecule has 0 bridgehead atoms. The van der Waals surface area contributed by atoms with Crippen molar-refractivity contribution in [3.8, 4) is 11.8 Å². The summed E-state index contributed by atoms with van der Waals surface area (Å²) in [5.74, 6) is 0.566. The molecule has 2 rings (SSSR count). The molecule has 2 heterocycles. The highest BCUT2D eigenvalue weighted by molar-refractivity contribution is 5.44. The number of aromatic nitrogens is 3. The first-order valence-electron chi connectivity index (χ1n) is 6.76. The molecule has 0 aromatic carbocycles. The van der Waals surface area contributed by atoms with Gasteiger partial charge in [0.15, 0.2) is 6.61 Å². The summed E-state index contributed by atoms with van der Waals surface area (Å²) in [4.78, 5) is 3.83. The number of ether oxygens (including phenoxy) is 2. The molecule has 0 aliphatic carbocycles. The quantitative estimate of drug-likeness (QED) is 0.882. The van der Waals surface area contributed by atoms with Crippen LogP contribution in [0.2, 0.25) is 0 Å². The van der Waals surface area contributed by atoms with E-state index in [0.29, 0.717) is 18.1 Å². The maximum Gasteiger partial charge on any atom is 0.422 e. The number of aryl methyl sites for hydroxylation is 2. The Morgan fingerprint density at radius 3 is 2.61 bits per heavy atom. The summed E-state index contributed by atoms with van der Waals surface area (Å²) in [6, 6.07) is 2.97. The van der Waals surface area contributed by atoms with Crippen LogP contribution in [-0.4, -0.2) is 34.7 Å². The van der Waals surface area contributed by atoms with E-state index in [4.69, 9.17) is 4.74 Å². The fourth-order valence-corrected chi connectivity index (χ4v) is 2.06. The molecule has 1 N–H and O–H groups in total. The van der Waals surface area contributed by atoms with Crippen molar-refractivity contribution >= 4 is 5.69 Å². The van der Waals surface area contributed by atoms with Gasteiger partial charge in [0.1, 0.15) is 0 Å². The molecule has 6 nitrogen and oxygen atoms in total. The van der Waals surface area contributed by atoms with Crippen LogP contribution in [0.5, 0.6) is 11.8 Å². The molecule has 0 saturated carbocycles. The van der Waals surface area contributed by atoms with Crippen molar-refractivity contribution in [1.82, 2.24) is 14.8 Å². The van der Waals surface area contributed by atoms with E-state index in [0.717, 1.165) is 11.3 Å². The van der Waals surface area contributed by atoms with Gasteiger partial charge in [-0.3, -0.25) is 0 Å². The minimum Gasteiger partial charge on any atom is -0.481 e. The van der Waals surface area contributed by atoms with Gasteiger partial charge in [-0.1, -0.05) is 0 Å². The predicted octanol–water partition coefficient (Wildman–Crippen LogP) is 2.69. The van der Waals surface area contributed by atoms with E-state index in [9.17, 15) is 13.2 Å². The molecule has 0 unspecified atom stereocenters. The Morgan fingerprint density at radius 1 is 1.30 bits per heavy atom. The molecule has 0 spiro atoms. The van der Waals surface area contributed by atoms with Crippen LogP contribution >= 0.6 is 0 Å². The maximum atomic E-state index is 12.1. The van der Waals surface area contributed by atoms with Gasteiger partial charge in [-0.25, -0.2) is 9.67 Å². The highest BCUT2D eigenvalue weighted by atomic mass is 19.4. The van der Waals surface area contributed by atoms with Gasteiger partial charge in [0.25, 0.3) is 0 Å². The molecule has 0 aliphatic heterocycles. The van der Waals surface area contributed by atoms with E-state index < -0.39 is 12.8 Å². The van der Waals surface area contributed by atoms with Gasteiger partial charge in [0.2, 0.25) is 11.8 Å². The SMILES string of the molecule is COc1c(CNc2ccc(OCC(F)(F)F)nc2)c(C)nn1C. The van der Waals surface area contributed by atoms with Gasteiger partial charge >= 0.3 is 6.18 Å². The summed E-state index contributed by atoms with van der Waals surface area (Å²) in [5.41, 5.74) is 2.37. The number of nitrogens with zero attached hydrogens (tertiary/aromatic N) is 3. The molecule has 0 fully saturated rings. The third-order valence-corrected chi connectivity index (χ3v) is 3.07. The van der Waals surface area contributed by atoms with Crippen LogP contribution < -0.4 is 14.8 Å². The number of alkyl halides is 3. The van der Waals surface area contributed by atoms with Crippen LogP contribution in [0.4, 0.5) is 18.9 Å². The smallest absolute Gasteiger partial charge is 0.422 e. The van der Waals surface area contributed by atoms with Gasteiger partial charge in [-0.2, -0.15) is 18.3 Å². The van der Waals surface area contributed by atoms with E-state index in [2.05, 4.69) is 20.1 Å². The van der Waals surface area contributed by atoms with E-state index in [1.165, 1.54) is 12.3 Å². The number of anilines is 1. The van der Waals surface area contributed by atoms with Gasteiger partial charge < -0.3 is 14.8 Å². The summed E-state index contributed by atoms with van der Waals surface area (Å²) in [7, 11) is 3.35. The van der Waals surface area contributed by atoms with E-state index >= 15 is 0 Å². The molecule has 2 aromatic rings. The van der Waals surface area contributed by atoms with E-state index in [1.807, 2.05) is 6.92 Å². The lowest BCUT2D eigenvalue weighted by molar-refractivity contribution is -0.154. The summed E-state index contributed by atoms with van der Waals surface area (Å²) in [6.45, 7) is 0.956. The van der Waals surface area contributed by atoms with Crippen molar-refractivity contribution in [3.63, 3.8) is 0 Å². The lowest BCUT2D eigenvalue weighted by atomic mass is 10.2. The monoisotopic (exact) mass is 330 g/mol. The molecular weight excluding hydrogens is 313 g/mol. The van der Waals surface area contributed by atoms with Gasteiger partial charge in [0.05, 0.1) is 30.3 Å². The summed E-state index contributed by atoms with van der Waals surface area (Å²) in [6.07, 6.45) is -2.98. The number of pyridine rings is 1. The van der Waals surface area contributed by atoms with Crippen molar-refractivity contribution < 1.29 is 22.6 Å². The molecule has 126 valence electrons. The lowest BCUT2D eigenvalue weighted by Gasteiger charge is -2.10. The molecule has 0 saturated heterocycles. The first-order valence-corrected chi connectivity index (χ1v) is 6.76. The third-order valence-electron chi connectivity index (χ3n) is 3.07. The highest BCUT2D eigenvalue weighted by Crippen LogP contribution is 2.23. The zero-order chi connectivity index (χ0) is 17.0. The number of methoxy groups -OCH3 is 1. The second-order valence-corrected chi connectivity index (χ2v) is 4.84. The molecule has 0 amide bonds. The topological polar surface area (TPSA) is 61.2 Å². The number of rotatable bonds is 6. The average Bonchev–Trinajstić information content (AvgIpc) is 2.76. The standard InChI is InChI=1S/C14H17F3N4O2/c1-9-11(13(22-3)21(2)20-9)7-18-10-4-5-12(19-6-10)23-8-14(15,16)17/h4-6,18H,7-8H2,1-3H3. The predicted molar refractivity (Wildman–Crippen MR) is 77.6 cm³/mol. The summed E-state index contributed by atoms with van der Waals surface area (Å²) < 4.78 is 47.6. The third kappa shape index (κ3) is 4.51. The number of hydrogen-bond acceptors (Lipinski definition) is 5. The highest BCUT2D eigenvalue weighted by Gasteiger charge is 2.28.